The van der Waals surface area contributed by atoms with E-state index >= 15 is 0 Å². The smallest absolute Gasteiger partial charge is 0.222 e. The maximum absolute atomic E-state index is 12.1. The highest BCUT2D eigenvalue weighted by Gasteiger charge is 2.11. The van der Waals surface area contributed by atoms with Gasteiger partial charge >= 0.3 is 0 Å². The summed E-state index contributed by atoms with van der Waals surface area (Å²) in [7, 11) is 0. The number of aromatic nitrogens is 3. The van der Waals surface area contributed by atoms with Gasteiger partial charge in [-0.2, -0.15) is 0 Å². The predicted octanol–water partition coefficient (Wildman–Crippen LogP) is 2.91. The first kappa shape index (κ1) is 16.5. The van der Waals surface area contributed by atoms with E-state index in [1.807, 2.05) is 19.1 Å². The highest BCUT2D eigenvalue weighted by molar-refractivity contribution is 7.99. The van der Waals surface area contributed by atoms with Crippen molar-refractivity contribution < 1.29 is 4.79 Å². The van der Waals surface area contributed by atoms with Crippen LogP contribution >= 0.6 is 11.8 Å². The van der Waals surface area contributed by atoms with Crippen molar-refractivity contribution >= 4 is 23.5 Å². The molecule has 6 heteroatoms. The van der Waals surface area contributed by atoms with E-state index in [0.717, 1.165) is 5.56 Å². The van der Waals surface area contributed by atoms with Gasteiger partial charge in [0.25, 0.3) is 0 Å². The number of rotatable bonds is 7. The number of Topliss-reactive ketones (excluding diaryl/α,β-unsaturated/α-hetero) is 1. The van der Waals surface area contributed by atoms with Gasteiger partial charge in [-0.25, -0.2) is 0 Å². The minimum atomic E-state index is 0.173. The lowest BCUT2D eigenvalue weighted by atomic mass is 10.0. The Hall–Kier alpha value is -1.82. The van der Waals surface area contributed by atoms with Crippen molar-refractivity contribution in [2.75, 3.05) is 11.5 Å². The molecule has 0 aliphatic rings. The fraction of sp³-hybridized carbons (Fsp3) is 0.438. The van der Waals surface area contributed by atoms with Crippen LogP contribution in [0.3, 0.4) is 0 Å². The Balaban J connectivity index is 1.90. The molecule has 2 aromatic rings. The number of nitrogens with zero attached hydrogens (tertiary/aromatic N) is 3. The molecule has 2 N–H and O–H groups in total. The van der Waals surface area contributed by atoms with E-state index in [4.69, 9.17) is 5.73 Å². The van der Waals surface area contributed by atoms with E-state index in [-0.39, 0.29) is 5.78 Å². The van der Waals surface area contributed by atoms with Crippen molar-refractivity contribution in [2.24, 2.45) is 0 Å². The Morgan fingerprint density at radius 1 is 1.27 bits per heavy atom. The van der Waals surface area contributed by atoms with Crippen LogP contribution in [-0.2, 0) is 17.8 Å². The second kappa shape index (κ2) is 7.45. The molecular weight excluding hydrogens is 296 g/mol. The average molecular weight is 318 g/mol. The molecule has 0 aliphatic carbocycles. The zero-order chi connectivity index (χ0) is 16.1. The van der Waals surface area contributed by atoms with Crippen molar-refractivity contribution in [1.29, 1.82) is 0 Å². The Bertz CT molecular complexity index is 634. The monoisotopic (exact) mass is 318 g/mol. The van der Waals surface area contributed by atoms with Crippen LogP contribution in [0.2, 0.25) is 0 Å². The van der Waals surface area contributed by atoms with Crippen LogP contribution in [0, 0.1) is 0 Å². The molecule has 5 nitrogen and oxygen atoms in total. The summed E-state index contributed by atoms with van der Waals surface area (Å²) in [6, 6.07) is 8.25. The quantitative estimate of drug-likeness (QED) is 0.795. The first-order valence-electron chi connectivity index (χ1n) is 7.43. The molecular formula is C16H22N4OS. The van der Waals surface area contributed by atoms with Crippen molar-refractivity contribution in [1.82, 2.24) is 14.8 Å². The van der Waals surface area contributed by atoms with Gasteiger partial charge in [0.05, 0.1) is 5.75 Å². The molecule has 1 aromatic carbocycles. The first-order valence-corrected chi connectivity index (χ1v) is 8.41. The minimum absolute atomic E-state index is 0.173. The number of carbonyl (C=O) groups is 1. The molecule has 1 aromatic heterocycles. The van der Waals surface area contributed by atoms with Gasteiger partial charge in [0.2, 0.25) is 5.95 Å². The summed E-state index contributed by atoms with van der Waals surface area (Å²) < 4.78 is 1.80. The summed E-state index contributed by atoms with van der Waals surface area (Å²) >= 11 is 1.39. The van der Waals surface area contributed by atoms with Gasteiger partial charge in [-0.3, -0.25) is 9.36 Å². The van der Waals surface area contributed by atoms with E-state index in [1.165, 1.54) is 17.3 Å². The SMILES string of the molecule is CCn1c(N)nnc1SCC(=O)Cc1ccc(C(C)C)cc1. The number of thioether (sulfide) groups is 1. The second-order valence-corrected chi connectivity index (χ2v) is 6.43. The van der Waals surface area contributed by atoms with Crippen LogP contribution in [0.5, 0.6) is 0 Å². The lowest BCUT2D eigenvalue weighted by Gasteiger charge is -2.07. The molecule has 0 fully saturated rings. The molecule has 0 saturated carbocycles. The topological polar surface area (TPSA) is 73.8 Å². The molecule has 0 saturated heterocycles. The number of ketones is 1. The fourth-order valence-electron chi connectivity index (χ4n) is 2.15. The maximum Gasteiger partial charge on any atom is 0.222 e. The second-order valence-electron chi connectivity index (χ2n) is 5.49. The molecule has 22 heavy (non-hydrogen) atoms. The number of benzene rings is 1. The molecule has 1 heterocycles. The van der Waals surface area contributed by atoms with Gasteiger partial charge in [-0.1, -0.05) is 49.9 Å². The summed E-state index contributed by atoms with van der Waals surface area (Å²) in [5.41, 5.74) is 8.05. The largest absolute Gasteiger partial charge is 0.368 e. The Labute approximate surface area is 135 Å². The Morgan fingerprint density at radius 3 is 2.55 bits per heavy atom. The van der Waals surface area contributed by atoms with Gasteiger partial charge in [-0.15, -0.1) is 10.2 Å². The molecule has 0 unspecified atom stereocenters. The molecule has 118 valence electrons. The number of nitrogens with two attached hydrogens (primary N) is 1. The van der Waals surface area contributed by atoms with E-state index in [0.29, 0.717) is 35.7 Å². The van der Waals surface area contributed by atoms with E-state index in [9.17, 15) is 4.79 Å². The summed E-state index contributed by atoms with van der Waals surface area (Å²) in [5, 5.41) is 8.53. The number of nitrogen functional groups attached to an aromatic ring is 1. The average Bonchev–Trinajstić information content (AvgIpc) is 2.85. The number of anilines is 1. The third-order valence-electron chi connectivity index (χ3n) is 3.47. The van der Waals surface area contributed by atoms with Crippen LogP contribution in [0.4, 0.5) is 5.95 Å². The summed E-state index contributed by atoms with van der Waals surface area (Å²) in [6.45, 7) is 6.99. The van der Waals surface area contributed by atoms with Crippen molar-refractivity contribution in [3.05, 3.63) is 35.4 Å². The maximum atomic E-state index is 12.1. The molecule has 0 atom stereocenters. The normalized spacial score (nSPS) is 11.1. The summed E-state index contributed by atoms with van der Waals surface area (Å²) in [6.07, 6.45) is 0.446. The molecule has 0 radical (unpaired) electrons. The zero-order valence-electron chi connectivity index (χ0n) is 13.2. The first-order chi connectivity index (χ1) is 10.5. The lowest BCUT2D eigenvalue weighted by molar-refractivity contribution is -0.116. The van der Waals surface area contributed by atoms with E-state index < -0.39 is 0 Å². The number of hydrogen-bond acceptors (Lipinski definition) is 5. The lowest BCUT2D eigenvalue weighted by Crippen LogP contribution is -2.08. The number of carbonyl (C=O) groups excluding carboxylic acids is 1. The van der Waals surface area contributed by atoms with Crippen molar-refractivity contribution in [2.45, 2.75) is 44.8 Å². The summed E-state index contributed by atoms with van der Waals surface area (Å²) in [4.78, 5) is 12.1. The molecule has 0 aliphatic heterocycles. The van der Waals surface area contributed by atoms with Gasteiger partial charge in [0, 0.05) is 13.0 Å². The molecule has 0 bridgehead atoms. The Morgan fingerprint density at radius 2 is 1.95 bits per heavy atom. The summed E-state index contributed by atoms with van der Waals surface area (Å²) in [5.74, 6) is 1.45. The van der Waals surface area contributed by atoms with Gasteiger partial charge in [0.1, 0.15) is 5.78 Å². The van der Waals surface area contributed by atoms with Gasteiger partial charge in [-0.05, 0) is 24.0 Å². The van der Waals surface area contributed by atoms with Gasteiger partial charge in [0.15, 0.2) is 5.16 Å². The predicted molar refractivity (Wildman–Crippen MR) is 90.1 cm³/mol. The minimum Gasteiger partial charge on any atom is -0.368 e. The Kier molecular flexibility index (Phi) is 5.60. The third-order valence-corrected chi connectivity index (χ3v) is 4.50. The van der Waals surface area contributed by atoms with Crippen LogP contribution in [-0.4, -0.2) is 26.3 Å². The van der Waals surface area contributed by atoms with E-state index in [1.54, 1.807) is 4.57 Å². The fourth-order valence-corrected chi connectivity index (χ4v) is 3.02. The molecule has 0 spiro atoms. The van der Waals surface area contributed by atoms with Gasteiger partial charge < -0.3 is 5.73 Å². The molecule has 2 rings (SSSR count). The number of hydrogen-bond donors (Lipinski definition) is 1. The van der Waals surface area contributed by atoms with Crippen LogP contribution < -0.4 is 5.73 Å². The highest BCUT2D eigenvalue weighted by atomic mass is 32.2. The van der Waals surface area contributed by atoms with Crippen molar-refractivity contribution in [3.8, 4) is 0 Å². The third kappa shape index (κ3) is 4.10. The van der Waals surface area contributed by atoms with E-state index in [2.05, 4.69) is 36.2 Å². The van der Waals surface area contributed by atoms with Crippen LogP contribution in [0.15, 0.2) is 29.4 Å². The zero-order valence-corrected chi connectivity index (χ0v) is 14.1. The highest BCUT2D eigenvalue weighted by Crippen LogP contribution is 2.19. The molecule has 0 amide bonds. The standard InChI is InChI=1S/C16H22N4OS/c1-4-20-15(17)18-19-16(20)22-10-14(21)9-12-5-7-13(8-6-12)11(2)3/h5-8,11H,4,9-10H2,1-3H3,(H2,17,18). The van der Waals surface area contributed by atoms with Crippen molar-refractivity contribution in [3.63, 3.8) is 0 Å². The van der Waals surface area contributed by atoms with Crippen LogP contribution in [0.25, 0.3) is 0 Å². The van der Waals surface area contributed by atoms with Crippen LogP contribution in [0.1, 0.15) is 37.8 Å².